The normalized spacial score (nSPS) is 11.1. The number of carbonyl (C=O) groups excluding carboxylic acids is 8. The second-order valence-electron chi connectivity index (χ2n) is 26.5. The van der Waals surface area contributed by atoms with Gasteiger partial charge in [0.2, 0.25) is 47.3 Å². The lowest BCUT2D eigenvalue weighted by molar-refractivity contribution is -0.148. The zero-order valence-corrected chi connectivity index (χ0v) is 61.0. The van der Waals surface area contributed by atoms with Crippen LogP contribution in [-0.2, 0) is 55.9 Å². The summed E-state index contributed by atoms with van der Waals surface area (Å²) in [7, 11) is 1.57. The summed E-state index contributed by atoms with van der Waals surface area (Å²) < 4.78 is 5.13. The average Bonchev–Trinajstić information content (AvgIpc) is 1.35. The second-order valence-corrected chi connectivity index (χ2v) is 26.5. The SMILES string of the molecule is CCCCCCCCCCN(CC(N)=O)C(=O)CN(CCCCCCCCCC)C(=O)CN(CCCCCCCCCC)C(=O)CN(CCCCCCCCCC)C(=O)CN(CCc1ccccc1)C(=O)CN(CCc1ccccc1)C(=O)CN(CCN)C(=O)CNCCOC. The minimum atomic E-state index is -0.616. The highest BCUT2D eigenvalue weighted by Crippen LogP contribution is 2.17. The van der Waals surface area contributed by atoms with Crippen molar-refractivity contribution in [3.8, 4) is 0 Å². The molecule has 546 valence electrons. The number of ether oxygens (including phenoxy) is 1. The van der Waals surface area contributed by atoms with Crippen molar-refractivity contribution in [1.82, 2.24) is 39.6 Å². The summed E-state index contributed by atoms with van der Waals surface area (Å²) >= 11 is 0. The van der Waals surface area contributed by atoms with Crippen LogP contribution in [0.25, 0.3) is 0 Å². The summed E-state index contributed by atoms with van der Waals surface area (Å²) in [5, 5.41) is 3.05. The van der Waals surface area contributed by atoms with Crippen molar-refractivity contribution in [1.29, 1.82) is 0 Å². The van der Waals surface area contributed by atoms with Crippen molar-refractivity contribution < 1.29 is 43.1 Å². The molecule has 96 heavy (non-hydrogen) atoms. The Kier molecular flexibility index (Phi) is 52.1. The van der Waals surface area contributed by atoms with Crippen LogP contribution in [-0.4, -0.2) is 207 Å². The van der Waals surface area contributed by atoms with Crippen LogP contribution in [0.2, 0.25) is 0 Å². The van der Waals surface area contributed by atoms with Crippen LogP contribution in [0.4, 0.5) is 0 Å². The van der Waals surface area contributed by atoms with Crippen molar-refractivity contribution in [2.45, 2.75) is 246 Å². The lowest BCUT2D eigenvalue weighted by Gasteiger charge is -2.32. The van der Waals surface area contributed by atoms with Gasteiger partial charge in [0.05, 0.1) is 59.0 Å². The Morgan fingerprint density at radius 3 is 0.844 bits per heavy atom. The zero-order valence-electron chi connectivity index (χ0n) is 61.0. The molecule has 0 atom stereocenters. The third-order valence-corrected chi connectivity index (χ3v) is 18.1. The first kappa shape index (κ1) is 86.2. The molecule has 0 aromatic heterocycles. The van der Waals surface area contributed by atoms with E-state index in [9.17, 15) is 19.2 Å². The Hall–Kier alpha value is -5.92. The first-order chi connectivity index (χ1) is 46.7. The molecule has 0 heterocycles. The first-order valence-corrected chi connectivity index (χ1v) is 37.9. The minimum absolute atomic E-state index is 0.0307. The number of methoxy groups -OCH3 is 1. The number of rotatable bonds is 63. The van der Waals surface area contributed by atoms with Gasteiger partial charge < -0.3 is 55.8 Å². The predicted octanol–water partition coefficient (Wildman–Crippen LogP) is 11.5. The van der Waals surface area contributed by atoms with E-state index in [2.05, 4.69) is 33.0 Å². The molecule has 19 heteroatoms. The maximum absolute atomic E-state index is 15.3. The van der Waals surface area contributed by atoms with Gasteiger partial charge >= 0.3 is 0 Å². The molecular formula is C77H134N10O9. The largest absolute Gasteiger partial charge is 0.383 e. The van der Waals surface area contributed by atoms with E-state index in [1.54, 1.807) is 21.8 Å². The molecule has 19 nitrogen and oxygen atoms in total. The van der Waals surface area contributed by atoms with E-state index in [0.29, 0.717) is 64.8 Å². The number of hydrogen-bond donors (Lipinski definition) is 3. The number of benzene rings is 2. The molecule has 5 N–H and O–H groups in total. The highest BCUT2D eigenvalue weighted by molar-refractivity contribution is 5.93. The summed E-state index contributed by atoms with van der Waals surface area (Å²) in [5.41, 5.74) is 13.6. The standard InChI is InChI=1S/C77H134N10O9/c1-6-10-14-18-22-26-30-40-52-81(61-70(79)88)72(90)62-82(53-41-31-27-23-19-15-11-7-2)73(91)63-83(54-42-32-28-24-20-16-12-8-3)74(92)64-84(55-43-33-29-25-21-17-13-9-4)75(93)65-85(56-48-68-44-36-34-37-45-68)76(94)66-86(57-49-69-46-38-35-39-47-69)77(95)67-87(58-50-78)71(89)60-80-51-59-96-5/h34-39,44-47,80H,6-33,40-43,48-67,78H2,1-5H3,(H2,79,88). The van der Waals surface area contributed by atoms with Crippen LogP contribution >= 0.6 is 0 Å². The fourth-order valence-corrected chi connectivity index (χ4v) is 12.0. The third-order valence-electron chi connectivity index (χ3n) is 18.1. The Balaban J connectivity index is 2.65. The van der Waals surface area contributed by atoms with E-state index in [1.165, 1.54) is 77.4 Å². The minimum Gasteiger partial charge on any atom is -0.383 e. The van der Waals surface area contributed by atoms with Gasteiger partial charge in [0.25, 0.3) is 0 Å². The maximum Gasteiger partial charge on any atom is 0.242 e. The molecule has 0 unspecified atom stereocenters. The molecule has 0 fully saturated rings. The van der Waals surface area contributed by atoms with Gasteiger partial charge in [-0.2, -0.15) is 0 Å². The van der Waals surface area contributed by atoms with Crippen LogP contribution in [0.15, 0.2) is 60.7 Å². The number of nitrogens with two attached hydrogens (primary N) is 2. The van der Waals surface area contributed by atoms with Crippen LogP contribution in [0.3, 0.4) is 0 Å². The second kappa shape index (κ2) is 58.1. The number of carbonyl (C=O) groups is 8. The van der Waals surface area contributed by atoms with Crippen LogP contribution in [0, 0.1) is 0 Å². The highest BCUT2D eigenvalue weighted by atomic mass is 16.5. The summed E-state index contributed by atoms with van der Waals surface area (Å²) in [6, 6.07) is 19.3. The lowest BCUT2D eigenvalue weighted by atomic mass is 10.1. The van der Waals surface area contributed by atoms with Crippen molar-refractivity contribution in [3.05, 3.63) is 71.8 Å². The molecule has 2 aromatic carbocycles. The lowest BCUT2D eigenvalue weighted by Crippen LogP contribution is -2.53. The smallest absolute Gasteiger partial charge is 0.242 e. The van der Waals surface area contributed by atoms with Gasteiger partial charge in [0.15, 0.2) is 0 Å². The van der Waals surface area contributed by atoms with Crippen molar-refractivity contribution in [2.75, 3.05) is 125 Å². The van der Waals surface area contributed by atoms with E-state index in [-0.39, 0.29) is 109 Å². The van der Waals surface area contributed by atoms with Gasteiger partial charge in [-0.15, -0.1) is 0 Å². The van der Waals surface area contributed by atoms with E-state index >= 15 is 19.2 Å². The number of nitrogens with zero attached hydrogens (tertiary/aromatic N) is 7. The number of amides is 8. The molecule has 0 aliphatic rings. The molecule has 0 spiro atoms. The van der Waals surface area contributed by atoms with Crippen molar-refractivity contribution in [3.63, 3.8) is 0 Å². The Bertz CT molecular complexity index is 2350. The van der Waals surface area contributed by atoms with Gasteiger partial charge in [0, 0.05) is 66.0 Å². The summed E-state index contributed by atoms with van der Waals surface area (Å²) in [6.45, 7) is 9.19. The number of nitrogens with one attached hydrogen (secondary N) is 1. The summed E-state index contributed by atoms with van der Waals surface area (Å²) in [5.74, 6) is -3.39. The maximum atomic E-state index is 15.3. The van der Waals surface area contributed by atoms with Crippen LogP contribution < -0.4 is 16.8 Å². The quantitative estimate of drug-likeness (QED) is 0.0527. The van der Waals surface area contributed by atoms with Crippen molar-refractivity contribution in [2.24, 2.45) is 11.5 Å². The number of unbranched alkanes of at least 4 members (excludes halogenated alkanes) is 28. The van der Waals surface area contributed by atoms with E-state index in [0.717, 1.165) is 133 Å². The fourth-order valence-electron chi connectivity index (χ4n) is 12.0. The van der Waals surface area contributed by atoms with E-state index in [4.69, 9.17) is 16.2 Å². The Labute approximate surface area is 581 Å². The third kappa shape index (κ3) is 42.7. The first-order valence-electron chi connectivity index (χ1n) is 37.9. The summed E-state index contributed by atoms with van der Waals surface area (Å²) in [4.78, 5) is 126. The molecule has 8 amide bonds. The Morgan fingerprint density at radius 2 is 0.583 bits per heavy atom. The van der Waals surface area contributed by atoms with Crippen LogP contribution in [0.5, 0.6) is 0 Å². The molecular weight excluding hydrogens is 1210 g/mol. The van der Waals surface area contributed by atoms with E-state index in [1.807, 2.05) is 60.7 Å². The molecule has 0 radical (unpaired) electrons. The molecule has 0 bridgehead atoms. The topological polar surface area (TPSA) is 233 Å². The number of primary amides is 1. The zero-order chi connectivity index (χ0) is 70.1. The number of hydrogen-bond acceptors (Lipinski definition) is 11. The Morgan fingerprint density at radius 1 is 0.333 bits per heavy atom. The van der Waals surface area contributed by atoms with Gasteiger partial charge in [-0.05, 0) is 49.7 Å². The highest BCUT2D eigenvalue weighted by Gasteiger charge is 2.31. The van der Waals surface area contributed by atoms with E-state index < -0.39 is 29.5 Å². The van der Waals surface area contributed by atoms with Crippen molar-refractivity contribution >= 4 is 47.3 Å². The summed E-state index contributed by atoms with van der Waals surface area (Å²) in [6.07, 6.45) is 34.0. The molecule has 0 saturated heterocycles. The van der Waals surface area contributed by atoms with Crippen LogP contribution in [0.1, 0.15) is 244 Å². The van der Waals surface area contributed by atoms with Gasteiger partial charge in [0.1, 0.15) is 0 Å². The molecule has 0 aliphatic heterocycles. The molecule has 0 aliphatic carbocycles. The molecule has 2 aromatic rings. The average molecular weight is 1340 g/mol. The van der Waals surface area contributed by atoms with Gasteiger partial charge in [-0.3, -0.25) is 38.4 Å². The molecule has 0 saturated carbocycles. The predicted molar refractivity (Wildman–Crippen MR) is 390 cm³/mol. The van der Waals surface area contributed by atoms with Gasteiger partial charge in [-0.25, -0.2) is 0 Å². The monoisotopic (exact) mass is 1340 g/mol. The molecule has 2 rings (SSSR count). The van der Waals surface area contributed by atoms with Gasteiger partial charge in [-0.1, -0.05) is 268 Å². The fraction of sp³-hybridized carbons (Fsp3) is 0.740.